The van der Waals surface area contributed by atoms with Crippen LogP contribution in [-0.2, 0) is 6.54 Å². The summed E-state index contributed by atoms with van der Waals surface area (Å²) in [6, 6.07) is 12.5. The molecule has 0 amide bonds. The summed E-state index contributed by atoms with van der Waals surface area (Å²) in [5, 5.41) is 6.68. The Morgan fingerprint density at radius 1 is 1.21 bits per heavy atom. The van der Waals surface area contributed by atoms with E-state index in [0.717, 1.165) is 18.1 Å². The molecule has 0 bridgehead atoms. The van der Waals surface area contributed by atoms with E-state index in [2.05, 4.69) is 58.7 Å². The van der Waals surface area contributed by atoms with E-state index in [1.54, 1.807) is 20.4 Å². The maximum Gasteiger partial charge on any atom is 0.213 e. The van der Waals surface area contributed by atoms with Crippen LogP contribution >= 0.6 is 0 Å². The molecule has 0 saturated heterocycles. The maximum absolute atomic E-state index is 5.14. The topological polar surface area (TPSA) is 58.5 Å². The number of aromatic nitrogens is 1. The van der Waals surface area contributed by atoms with Gasteiger partial charge in [-0.2, -0.15) is 0 Å². The summed E-state index contributed by atoms with van der Waals surface area (Å²) in [6.45, 7) is 5.80. The molecule has 2 rings (SSSR count). The van der Waals surface area contributed by atoms with Gasteiger partial charge in [-0.3, -0.25) is 4.99 Å². The minimum atomic E-state index is 0.408. The van der Waals surface area contributed by atoms with Crippen LogP contribution < -0.4 is 15.4 Å². The van der Waals surface area contributed by atoms with Gasteiger partial charge in [-0.05, 0) is 30.0 Å². The van der Waals surface area contributed by atoms with Gasteiger partial charge in [0.2, 0.25) is 5.88 Å². The van der Waals surface area contributed by atoms with Crippen molar-refractivity contribution in [1.29, 1.82) is 0 Å². The summed E-state index contributed by atoms with van der Waals surface area (Å²) < 4.78 is 5.14. The molecular weight excluding hydrogens is 300 g/mol. The molecule has 0 aliphatic carbocycles. The number of rotatable bonds is 6. The number of hydrogen-bond acceptors (Lipinski definition) is 3. The van der Waals surface area contributed by atoms with Crippen LogP contribution in [0.2, 0.25) is 0 Å². The molecule has 1 aromatic heterocycles. The Morgan fingerprint density at radius 2 is 1.96 bits per heavy atom. The van der Waals surface area contributed by atoms with Gasteiger partial charge >= 0.3 is 0 Å². The zero-order chi connectivity index (χ0) is 17.4. The highest BCUT2D eigenvalue weighted by molar-refractivity contribution is 5.79. The number of aryl methyl sites for hydroxylation is 1. The molecule has 0 radical (unpaired) electrons. The Kier molecular flexibility index (Phi) is 6.61. The number of guanidine groups is 1. The molecule has 5 nitrogen and oxygen atoms in total. The van der Waals surface area contributed by atoms with Crippen molar-refractivity contribution in [3.63, 3.8) is 0 Å². The van der Waals surface area contributed by atoms with Gasteiger partial charge in [0, 0.05) is 32.4 Å². The van der Waals surface area contributed by atoms with Crippen molar-refractivity contribution < 1.29 is 4.74 Å². The smallest absolute Gasteiger partial charge is 0.213 e. The molecule has 24 heavy (non-hydrogen) atoms. The molecule has 1 heterocycles. The van der Waals surface area contributed by atoms with Crippen molar-refractivity contribution >= 4 is 5.96 Å². The van der Waals surface area contributed by atoms with Crippen molar-refractivity contribution in [3.8, 4) is 5.88 Å². The van der Waals surface area contributed by atoms with Crippen LogP contribution in [0.4, 0.5) is 0 Å². The van der Waals surface area contributed by atoms with Crippen LogP contribution in [-0.4, -0.2) is 31.6 Å². The van der Waals surface area contributed by atoms with E-state index in [4.69, 9.17) is 4.74 Å². The average Bonchev–Trinajstić information content (AvgIpc) is 2.62. The lowest BCUT2D eigenvalue weighted by atomic mass is 10.0. The minimum absolute atomic E-state index is 0.408. The van der Waals surface area contributed by atoms with Gasteiger partial charge in [0.25, 0.3) is 0 Å². The van der Waals surface area contributed by atoms with E-state index in [1.807, 2.05) is 12.1 Å². The Hall–Kier alpha value is -2.56. The van der Waals surface area contributed by atoms with Gasteiger partial charge in [0.05, 0.1) is 7.11 Å². The molecule has 1 atom stereocenters. The molecule has 0 aliphatic heterocycles. The van der Waals surface area contributed by atoms with Gasteiger partial charge in [-0.15, -0.1) is 0 Å². The first-order valence-electron chi connectivity index (χ1n) is 8.12. The van der Waals surface area contributed by atoms with Crippen LogP contribution in [0.1, 0.15) is 29.5 Å². The third kappa shape index (κ3) is 5.26. The van der Waals surface area contributed by atoms with Crippen LogP contribution in [0.15, 0.2) is 47.6 Å². The molecule has 0 fully saturated rings. The molecule has 128 valence electrons. The zero-order valence-corrected chi connectivity index (χ0v) is 14.8. The SMILES string of the molecule is CN=C(NCc1ccnc(OC)c1)NCC(C)c1ccc(C)cc1. The fourth-order valence-electron chi connectivity index (χ4n) is 2.34. The summed E-state index contributed by atoms with van der Waals surface area (Å²) in [4.78, 5) is 8.38. The Bertz CT molecular complexity index is 667. The fraction of sp³-hybridized carbons (Fsp3) is 0.368. The number of aliphatic imine (C=N–C) groups is 1. The largest absolute Gasteiger partial charge is 0.481 e. The van der Waals surface area contributed by atoms with E-state index in [0.29, 0.717) is 18.3 Å². The molecule has 1 aromatic carbocycles. The highest BCUT2D eigenvalue weighted by Gasteiger charge is 2.07. The number of methoxy groups -OCH3 is 1. The van der Waals surface area contributed by atoms with Crippen LogP contribution in [0.25, 0.3) is 0 Å². The van der Waals surface area contributed by atoms with Crippen molar-refractivity contribution in [2.45, 2.75) is 26.3 Å². The summed E-state index contributed by atoms with van der Waals surface area (Å²) in [5.74, 6) is 1.81. The van der Waals surface area contributed by atoms with Crippen LogP contribution in [0.5, 0.6) is 5.88 Å². The van der Waals surface area contributed by atoms with Crippen LogP contribution in [0.3, 0.4) is 0 Å². The third-order valence-corrected chi connectivity index (χ3v) is 3.91. The van der Waals surface area contributed by atoms with E-state index in [-0.39, 0.29) is 0 Å². The van der Waals surface area contributed by atoms with Crippen molar-refractivity contribution in [2.24, 2.45) is 4.99 Å². The van der Waals surface area contributed by atoms with E-state index < -0.39 is 0 Å². The molecule has 2 N–H and O–H groups in total. The third-order valence-electron chi connectivity index (χ3n) is 3.91. The predicted molar refractivity (Wildman–Crippen MR) is 98.6 cm³/mol. The molecule has 2 aromatic rings. The standard InChI is InChI=1S/C19H26N4O/c1-14-5-7-17(8-6-14)15(2)12-22-19(20-3)23-13-16-9-10-21-18(11-16)24-4/h5-11,15H,12-13H2,1-4H3,(H2,20,22,23). The number of nitrogens with zero attached hydrogens (tertiary/aromatic N) is 2. The normalized spacial score (nSPS) is 12.6. The van der Waals surface area contributed by atoms with Gasteiger partial charge in [-0.25, -0.2) is 4.98 Å². The molecular formula is C19H26N4O. The maximum atomic E-state index is 5.14. The predicted octanol–water partition coefficient (Wildman–Crippen LogP) is 2.87. The second kappa shape index (κ2) is 8.91. The monoisotopic (exact) mass is 326 g/mol. The second-order valence-electron chi connectivity index (χ2n) is 5.82. The Labute approximate surface area is 144 Å². The molecule has 0 saturated carbocycles. The molecule has 0 spiro atoms. The molecule has 1 unspecified atom stereocenters. The van der Waals surface area contributed by atoms with Gasteiger partial charge in [0.1, 0.15) is 0 Å². The fourth-order valence-corrected chi connectivity index (χ4v) is 2.34. The first-order chi connectivity index (χ1) is 11.6. The van der Waals surface area contributed by atoms with E-state index >= 15 is 0 Å². The quantitative estimate of drug-likeness (QED) is 0.633. The zero-order valence-electron chi connectivity index (χ0n) is 14.8. The molecule has 0 aliphatic rings. The first kappa shape index (κ1) is 17.8. The van der Waals surface area contributed by atoms with Crippen molar-refractivity contribution in [3.05, 3.63) is 59.3 Å². The summed E-state index contributed by atoms with van der Waals surface area (Å²) in [7, 11) is 3.39. The van der Waals surface area contributed by atoms with Gasteiger partial charge in [-0.1, -0.05) is 36.8 Å². The lowest BCUT2D eigenvalue weighted by Crippen LogP contribution is -2.38. The number of pyridine rings is 1. The number of benzene rings is 1. The molecule has 5 heteroatoms. The lowest BCUT2D eigenvalue weighted by molar-refractivity contribution is 0.397. The number of hydrogen-bond donors (Lipinski definition) is 2. The van der Waals surface area contributed by atoms with Crippen LogP contribution in [0, 0.1) is 6.92 Å². The minimum Gasteiger partial charge on any atom is -0.481 e. The first-order valence-corrected chi connectivity index (χ1v) is 8.12. The highest BCUT2D eigenvalue weighted by atomic mass is 16.5. The number of nitrogens with one attached hydrogen (secondary N) is 2. The summed E-state index contributed by atoms with van der Waals surface area (Å²) >= 11 is 0. The highest BCUT2D eigenvalue weighted by Crippen LogP contribution is 2.14. The lowest BCUT2D eigenvalue weighted by Gasteiger charge is -2.16. The van der Waals surface area contributed by atoms with Gasteiger partial charge < -0.3 is 15.4 Å². The Balaban J connectivity index is 1.84. The average molecular weight is 326 g/mol. The van der Waals surface area contributed by atoms with Crippen molar-refractivity contribution in [1.82, 2.24) is 15.6 Å². The summed E-state index contributed by atoms with van der Waals surface area (Å²) in [6.07, 6.45) is 1.74. The van der Waals surface area contributed by atoms with E-state index in [9.17, 15) is 0 Å². The Morgan fingerprint density at radius 3 is 2.62 bits per heavy atom. The van der Waals surface area contributed by atoms with E-state index in [1.165, 1.54) is 11.1 Å². The van der Waals surface area contributed by atoms with Gasteiger partial charge in [0.15, 0.2) is 5.96 Å². The van der Waals surface area contributed by atoms with Crippen molar-refractivity contribution in [2.75, 3.05) is 20.7 Å². The summed E-state index contributed by atoms with van der Waals surface area (Å²) in [5.41, 5.74) is 3.70. The second-order valence-corrected chi connectivity index (χ2v) is 5.82. The number of ether oxygens (including phenoxy) is 1.